The molecular weight excluding hydrogens is 94.1 g/mol. The van der Waals surface area contributed by atoms with Gasteiger partial charge in [-0.05, 0) is 19.0 Å². The molecule has 0 aliphatic carbocycles. The fourth-order valence-electron chi connectivity index (χ4n) is 0.0204. The largest absolute Gasteiger partial charge is 0.207 e. The number of nitroso groups, excluding NO2 is 1. The molecule has 0 heterocycles. The lowest BCUT2D eigenvalue weighted by Gasteiger charge is -2.01. The van der Waals surface area contributed by atoms with Crippen molar-refractivity contribution >= 4 is 0 Å². The highest BCUT2D eigenvalue weighted by atomic mass is 16.3. The predicted octanol–water partition coefficient (Wildman–Crippen LogP) is 1.52. The van der Waals surface area contributed by atoms with Gasteiger partial charge >= 0.3 is 0 Å². The third-order valence-electron chi connectivity index (χ3n) is 0.497. The molecule has 0 saturated heterocycles. The van der Waals surface area contributed by atoms with Crippen molar-refractivity contribution < 1.29 is 0 Å². The van der Waals surface area contributed by atoms with Crippen LogP contribution < -0.4 is 0 Å². The Morgan fingerprint density at radius 3 is 2.00 bits per heavy atom. The standard InChI is InChI=1S/C3H7N3O/c1-3(2,5-4)6-7/h4H,1-2H3. The fraction of sp³-hybridized carbons (Fsp3) is 1.00. The summed E-state index contributed by atoms with van der Waals surface area (Å²) in [5, 5.41) is 5.44. The first-order chi connectivity index (χ1) is 3.12. The van der Waals surface area contributed by atoms with Crippen molar-refractivity contribution in [2.75, 3.05) is 0 Å². The fourth-order valence-corrected chi connectivity index (χ4v) is 0.0204. The van der Waals surface area contributed by atoms with Gasteiger partial charge in [-0.2, -0.15) is 5.11 Å². The second-order valence-corrected chi connectivity index (χ2v) is 1.70. The number of hydrogen-bond acceptors (Lipinski definition) is 4. The Morgan fingerprint density at radius 1 is 1.57 bits per heavy atom. The molecule has 4 heteroatoms. The SMILES string of the molecule is CC(C)(N=N)N=O. The first-order valence-corrected chi connectivity index (χ1v) is 1.85. The highest BCUT2D eigenvalue weighted by Gasteiger charge is 2.13. The average Bonchev–Trinajstić information content (AvgIpc) is 1.68. The number of rotatable bonds is 2. The summed E-state index contributed by atoms with van der Waals surface area (Å²) in [6.45, 7) is 2.93. The Bertz CT molecular complexity index is 78.2. The summed E-state index contributed by atoms with van der Waals surface area (Å²) in [6, 6.07) is 0. The second-order valence-electron chi connectivity index (χ2n) is 1.70. The second kappa shape index (κ2) is 1.77. The molecule has 0 radical (unpaired) electrons. The van der Waals surface area contributed by atoms with Crippen LogP contribution in [0.5, 0.6) is 0 Å². The van der Waals surface area contributed by atoms with E-state index < -0.39 is 5.66 Å². The maximum absolute atomic E-state index is 9.59. The Balaban J connectivity index is 3.82. The Morgan fingerprint density at radius 2 is 2.00 bits per heavy atom. The summed E-state index contributed by atoms with van der Waals surface area (Å²) in [5.74, 6) is 0. The summed E-state index contributed by atoms with van der Waals surface area (Å²) in [5.41, 5.74) is 5.28. The van der Waals surface area contributed by atoms with Gasteiger partial charge in [0.1, 0.15) is 0 Å². The average molecular weight is 101 g/mol. The van der Waals surface area contributed by atoms with Gasteiger partial charge in [-0.1, -0.05) is 0 Å². The molecule has 0 aliphatic heterocycles. The first-order valence-electron chi connectivity index (χ1n) is 1.85. The van der Waals surface area contributed by atoms with Gasteiger partial charge < -0.3 is 0 Å². The quantitative estimate of drug-likeness (QED) is 0.416. The van der Waals surface area contributed by atoms with Crippen molar-refractivity contribution in [3.63, 3.8) is 0 Å². The molecule has 0 rings (SSSR count). The third-order valence-corrected chi connectivity index (χ3v) is 0.497. The van der Waals surface area contributed by atoms with Crippen molar-refractivity contribution in [2.45, 2.75) is 19.5 Å². The van der Waals surface area contributed by atoms with Gasteiger partial charge in [-0.25, -0.2) is 5.53 Å². The van der Waals surface area contributed by atoms with Crippen LogP contribution in [0.1, 0.15) is 13.8 Å². The van der Waals surface area contributed by atoms with Gasteiger partial charge in [-0.15, -0.1) is 4.91 Å². The zero-order valence-electron chi connectivity index (χ0n) is 4.30. The normalized spacial score (nSPS) is 10.6. The summed E-state index contributed by atoms with van der Waals surface area (Å²) in [7, 11) is 0. The molecule has 7 heavy (non-hydrogen) atoms. The Labute approximate surface area is 41.4 Å². The third kappa shape index (κ3) is 1.97. The zero-order valence-corrected chi connectivity index (χ0v) is 4.30. The maximum Gasteiger partial charge on any atom is 0.205 e. The minimum absolute atomic E-state index is 1.06. The van der Waals surface area contributed by atoms with Gasteiger partial charge in [0.25, 0.3) is 0 Å². The van der Waals surface area contributed by atoms with E-state index in [-0.39, 0.29) is 0 Å². The minimum Gasteiger partial charge on any atom is -0.207 e. The van der Waals surface area contributed by atoms with Crippen molar-refractivity contribution in [1.82, 2.24) is 0 Å². The zero-order chi connectivity index (χ0) is 5.91. The van der Waals surface area contributed by atoms with Gasteiger partial charge in [0, 0.05) is 0 Å². The smallest absolute Gasteiger partial charge is 0.205 e. The van der Waals surface area contributed by atoms with Crippen molar-refractivity contribution in [2.24, 2.45) is 10.3 Å². The van der Waals surface area contributed by atoms with E-state index in [9.17, 15) is 4.91 Å². The molecule has 4 nitrogen and oxygen atoms in total. The summed E-state index contributed by atoms with van der Waals surface area (Å²) >= 11 is 0. The summed E-state index contributed by atoms with van der Waals surface area (Å²) < 4.78 is 0. The lowest BCUT2D eigenvalue weighted by Crippen LogP contribution is -2.08. The van der Waals surface area contributed by atoms with E-state index in [1.54, 1.807) is 0 Å². The molecule has 0 spiro atoms. The van der Waals surface area contributed by atoms with E-state index in [4.69, 9.17) is 5.53 Å². The van der Waals surface area contributed by atoms with E-state index in [2.05, 4.69) is 10.3 Å². The Kier molecular flexibility index (Phi) is 1.57. The van der Waals surface area contributed by atoms with E-state index in [0.29, 0.717) is 0 Å². The molecule has 0 fully saturated rings. The van der Waals surface area contributed by atoms with Crippen LogP contribution in [0.15, 0.2) is 10.3 Å². The molecule has 0 atom stereocenters. The van der Waals surface area contributed by atoms with Gasteiger partial charge in [0.15, 0.2) is 0 Å². The Hall–Kier alpha value is -0.800. The lowest BCUT2D eigenvalue weighted by molar-refractivity contribution is 0.505. The molecular formula is C3H7N3O. The van der Waals surface area contributed by atoms with Gasteiger partial charge in [0.05, 0.1) is 0 Å². The van der Waals surface area contributed by atoms with Gasteiger partial charge in [0.2, 0.25) is 5.66 Å². The molecule has 40 valence electrons. The molecule has 0 aromatic carbocycles. The number of nitrogens with zero attached hydrogens (tertiary/aromatic N) is 2. The first kappa shape index (κ1) is 6.20. The van der Waals surface area contributed by atoms with Gasteiger partial charge in [-0.3, -0.25) is 0 Å². The van der Waals surface area contributed by atoms with Crippen molar-refractivity contribution in [3.8, 4) is 0 Å². The van der Waals surface area contributed by atoms with Crippen LogP contribution in [-0.2, 0) is 0 Å². The molecule has 0 unspecified atom stereocenters. The molecule has 1 N–H and O–H groups in total. The highest BCUT2D eigenvalue weighted by molar-refractivity contribution is 4.67. The predicted molar refractivity (Wildman–Crippen MR) is 25.0 cm³/mol. The van der Waals surface area contributed by atoms with E-state index >= 15 is 0 Å². The molecule has 0 aliphatic rings. The monoisotopic (exact) mass is 101 g/mol. The van der Waals surface area contributed by atoms with Crippen LogP contribution in [0.3, 0.4) is 0 Å². The van der Waals surface area contributed by atoms with Crippen LogP contribution in [0.4, 0.5) is 0 Å². The van der Waals surface area contributed by atoms with Crippen LogP contribution in [0.2, 0.25) is 0 Å². The lowest BCUT2D eigenvalue weighted by atomic mass is 10.3. The van der Waals surface area contributed by atoms with Crippen molar-refractivity contribution in [1.29, 1.82) is 5.53 Å². The van der Waals surface area contributed by atoms with Crippen molar-refractivity contribution in [3.05, 3.63) is 4.91 Å². The highest BCUT2D eigenvalue weighted by Crippen LogP contribution is 2.07. The van der Waals surface area contributed by atoms with E-state index in [0.717, 1.165) is 0 Å². The van der Waals surface area contributed by atoms with Crippen LogP contribution in [0.25, 0.3) is 0 Å². The van der Waals surface area contributed by atoms with Crippen LogP contribution >= 0.6 is 0 Å². The van der Waals surface area contributed by atoms with Crippen LogP contribution in [-0.4, -0.2) is 5.66 Å². The maximum atomic E-state index is 9.59. The summed E-state index contributed by atoms with van der Waals surface area (Å²) in [6.07, 6.45) is 0. The minimum atomic E-state index is -1.06. The molecule has 0 saturated carbocycles. The molecule has 0 aromatic heterocycles. The molecule has 0 amide bonds. The number of nitrogens with one attached hydrogen (secondary N) is 1. The number of hydrogen-bond donors (Lipinski definition) is 1. The molecule has 0 aromatic rings. The summed E-state index contributed by atoms with van der Waals surface area (Å²) in [4.78, 5) is 9.59. The van der Waals surface area contributed by atoms with E-state index in [1.165, 1.54) is 13.8 Å². The molecule has 0 bridgehead atoms. The van der Waals surface area contributed by atoms with Crippen LogP contribution in [0, 0.1) is 10.4 Å². The topological polar surface area (TPSA) is 65.6 Å². The van der Waals surface area contributed by atoms with E-state index in [1.807, 2.05) is 0 Å².